The second-order valence-corrected chi connectivity index (χ2v) is 3.34. The topological polar surface area (TPSA) is 83.5 Å². The van der Waals surface area contributed by atoms with Crippen LogP contribution < -0.4 is 5.32 Å². The van der Waals surface area contributed by atoms with Crippen LogP contribution in [0.4, 0.5) is 0 Å². The zero-order valence-corrected chi connectivity index (χ0v) is 8.53. The highest BCUT2D eigenvalue weighted by Crippen LogP contribution is 2.07. The largest absolute Gasteiger partial charge is 0.480 e. The lowest BCUT2D eigenvalue weighted by Gasteiger charge is -2.15. The lowest BCUT2D eigenvalue weighted by Crippen LogP contribution is -2.41. The van der Waals surface area contributed by atoms with Gasteiger partial charge in [-0.1, -0.05) is 6.92 Å². The van der Waals surface area contributed by atoms with Crippen molar-refractivity contribution >= 4 is 17.7 Å². The number of rotatable bonds is 5. The Morgan fingerprint density at radius 1 is 1.29 bits per heavy atom. The van der Waals surface area contributed by atoms with Gasteiger partial charge in [-0.05, 0) is 13.3 Å². The van der Waals surface area contributed by atoms with E-state index in [1.165, 1.54) is 13.8 Å². The van der Waals surface area contributed by atoms with E-state index in [9.17, 15) is 14.4 Å². The number of carbonyl (C=O) groups is 3. The van der Waals surface area contributed by atoms with Gasteiger partial charge in [-0.3, -0.25) is 9.59 Å². The third-order valence-electron chi connectivity index (χ3n) is 1.96. The molecule has 0 bridgehead atoms. The summed E-state index contributed by atoms with van der Waals surface area (Å²) in [4.78, 5) is 32.2. The second kappa shape index (κ2) is 5.36. The van der Waals surface area contributed by atoms with Gasteiger partial charge >= 0.3 is 5.97 Å². The molecule has 0 radical (unpaired) electrons. The molecule has 5 nitrogen and oxygen atoms in total. The standard InChI is InChI=1S/C9H15NO4/c1-5(6(2)11)4-8(9(13)14)10-7(3)12/h5,8H,4H2,1-3H3,(H,10,12)(H,13,14)/t5-,8+/m0/s1. The monoisotopic (exact) mass is 201 g/mol. The van der Waals surface area contributed by atoms with E-state index in [0.29, 0.717) is 0 Å². The number of hydrogen-bond acceptors (Lipinski definition) is 3. The molecule has 0 aliphatic carbocycles. The molecule has 0 spiro atoms. The smallest absolute Gasteiger partial charge is 0.326 e. The maximum absolute atomic E-state index is 10.9. The highest BCUT2D eigenvalue weighted by molar-refractivity contribution is 5.83. The first-order valence-corrected chi connectivity index (χ1v) is 4.35. The normalized spacial score (nSPS) is 14.2. The van der Waals surface area contributed by atoms with Gasteiger partial charge in [-0.15, -0.1) is 0 Å². The van der Waals surface area contributed by atoms with Crippen LogP contribution >= 0.6 is 0 Å². The molecule has 0 aliphatic heterocycles. The maximum Gasteiger partial charge on any atom is 0.326 e. The lowest BCUT2D eigenvalue weighted by molar-refractivity contribution is -0.142. The zero-order valence-electron chi connectivity index (χ0n) is 8.53. The highest BCUT2D eigenvalue weighted by Gasteiger charge is 2.22. The van der Waals surface area contributed by atoms with Crippen molar-refractivity contribution in [2.24, 2.45) is 5.92 Å². The maximum atomic E-state index is 10.9. The molecule has 0 heterocycles. The van der Waals surface area contributed by atoms with Gasteiger partial charge in [0.1, 0.15) is 11.8 Å². The molecule has 2 atom stereocenters. The minimum atomic E-state index is -1.12. The number of hydrogen-bond donors (Lipinski definition) is 2. The SMILES string of the molecule is CC(=O)N[C@H](C[C@H](C)C(C)=O)C(=O)O. The Hall–Kier alpha value is -1.39. The average Bonchev–Trinajstić information content (AvgIpc) is 2.01. The van der Waals surface area contributed by atoms with Gasteiger partial charge in [0.25, 0.3) is 0 Å². The van der Waals surface area contributed by atoms with E-state index >= 15 is 0 Å². The molecule has 0 unspecified atom stereocenters. The molecule has 80 valence electrons. The molecule has 0 aliphatic rings. The van der Waals surface area contributed by atoms with E-state index < -0.39 is 17.9 Å². The molecule has 2 N–H and O–H groups in total. The quantitative estimate of drug-likeness (QED) is 0.665. The molecular formula is C9H15NO4. The molecule has 0 saturated heterocycles. The number of carbonyl (C=O) groups excluding carboxylic acids is 2. The first kappa shape index (κ1) is 12.6. The van der Waals surface area contributed by atoms with Crippen molar-refractivity contribution in [1.29, 1.82) is 0 Å². The number of carboxylic acid groups (broad SMARTS) is 1. The number of ketones is 1. The average molecular weight is 201 g/mol. The van der Waals surface area contributed by atoms with Crippen molar-refractivity contribution in [3.05, 3.63) is 0 Å². The third-order valence-corrected chi connectivity index (χ3v) is 1.96. The molecule has 0 aromatic rings. The summed E-state index contributed by atoms with van der Waals surface area (Å²) < 4.78 is 0. The van der Waals surface area contributed by atoms with Gasteiger partial charge in [0.05, 0.1) is 0 Å². The summed E-state index contributed by atoms with van der Waals surface area (Å²) in [7, 11) is 0. The van der Waals surface area contributed by atoms with Crippen molar-refractivity contribution in [2.75, 3.05) is 0 Å². The van der Waals surface area contributed by atoms with Gasteiger partial charge < -0.3 is 10.4 Å². The van der Waals surface area contributed by atoms with E-state index in [0.717, 1.165) is 0 Å². The van der Waals surface area contributed by atoms with Crippen LogP contribution in [0, 0.1) is 5.92 Å². The van der Waals surface area contributed by atoms with Crippen LogP contribution in [-0.4, -0.2) is 28.8 Å². The summed E-state index contributed by atoms with van der Waals surface area (Å²) in [6, 6.07) is -0.980. The zero-order chi connectivity index (χ0) is 11.3. The molecule has 0 aromatic heterocycles. The van der Waals surface area contributed by atoms with Crippen LogP contribution in [0.5, 0.6) is 0 Å². The van der Waals surface area contributed by atoms with E-state index in [4.69, 9.17) is 5.11 Å². The Balaban J connectivity index is 4.30. The van der Waals surface area contributed by atoms with Crippen molar-refractivity contribution in [2.45, 2.75) is 33.2 Å². The fraction of sp³-hybridized carbons (Fsp3) is 0.667. The van der Waals surface area contributed by atoms with Crippen LogP contribution in [0.15, 0.2) is 0 Å². The van der Waals surface area contributed by atoms with Gasteiger partial charge in [0.15, 0.2) is 0 Å². The van der Waals surface area contributed by atoms with E-state index in [1.807, 2.05) is 0 Å². The summed E-state index contributed by atoms with van der Waals surface area (Å²) in [5.74, 6) is -1.97. The Morgan fingerprint density at radius 2 is 1.79 bits per heavy atom. The van der Waals surface area contributed by atoms with Gasteiger partial charge in [0.2, 0.25) is 5.91 Å². The molecule has 5 heteroatoms. The summed E-state index contributed by atoms with van der Waals surface area (Å²) in [6.45, 7) is 4.28. The van der Waals surface area contributed by atoms with Crippen molar-refractivity contribution < 1.29 is 19.5 Å². The van der Waals surface area contributed by atoms with Crippen LogP contribution in [-0.2, 0) is 14.4 Å². The van der Waals surface area contributed by atoms with Crippen molar-refractivity contribution in [3.63, 3.8) is 0 Å². The van der Waals surface area contributed by atoms with Gasteiger partial charge in [-0.2, -0.15) is 0 Å². The summed E-state index contributed by atoms with van der Waals surface area (Å²) in [5, 5.41) is 11.0. The van der Waals surface area contributed by atoms with Crippen LogP contribution in [0.3, 0.4) is 0 Å². The molecule has 1 amide bonds. The molecular weight excluding hydrogens is 186 g/mol. The fourth-order valence-corrected chi connectivity index (χ4v) is 0.986. The molecule has 0 rings (SSSR count). The molecule has 0 saturated carbocycles. The number of carboxylic acids is 1. The second-order valence-electron chi connectivity index (χ2n) is 3.34. The van der Waals surface area contributed by atoms with Crippen LogP contribution in [0.2, 0.25) is 0 Å². The van der Waals surface area contributed by atoms with E-state index in [1.54, 1.807) is 6.92 Å². The fourth-order valence-electron chi connectivity index (χ4n) is 0.986. The number of aliphatic carboxylic acids is 1. The molecule has 0 aromatic carbocycles. The molecule has 0 fully saturated rings. The third kappa shape index (κ3) is 4.59. The van der Waals surface area contributed by atoms with Crippen molar-refractivity contribution in [3.8, 4) is 0 Å². The number of nitrogens with one attached hydrogen (secondary N) is 1. The van der Waals surface area contributed by atoms with Gasteiger partial charge in [0, 0.05) is 12.8 Å². The first-order valence-electron chi connectivity index (χ1n) is 4.35. The minimum Gasteiger partial charge on any atom is -0.480 e. The molecule has 14 heavy (non-hydrogen) atoms. The van der Waals surface area contributed by atoms with E-state index in [2.05, 4.69) is 5.32 Å². The van der Waals surface area contributed by atoms with E-state index in [-0.39, 0.29) is 18.1 Å². The summed E-state index contributed by atoms with van der Waals surface area (Å²) in [5.41, 5.74) is 0. The van der Waals surface area contributed by atoms with Crippen molar-refractivity contribution in [1.82, 2.24) is 5.32 Å². The Morgan fingerprint density at radius 3 is 2.07 bits per heavy atom. The van der Waals surface area contributed by atoms with Gasteiger partial charge in [-0.25, -0.2) is 4.79 Å². The Kier molecular flexibility index (Phi) is 4.83. The number of Topliss-reactive ketones (excluding diaryl/α,β-unsaturated/α-hetero) is 1. The Labute approximate surface area is 82.5 Å². The predicted molar refractivity (Wildman–Crippen MR) is 49.7 cm³/mol. The summed E-state index contributed by atoms with van der Waals surface area (Å²) >= 11 is 0. The van der Waals surface area contributed by atoms with Crippen LogP contribution in [0.1, 0.15) is 27.2 Å². The van der Waals surface area contributed by atoms with Crippen LogP contribution in [0.25, 0.3) is 0 Å². The predicted octanol–water partition coefficient (Wildman–Crippen LogP) is 0.191. The number of amides is 1. The summed E-state index contributed by atoms with van der Waals surface area (Å²) in [6.07, 6.45) is 0.129. The Bertz CT molecular complexity index is 249. The first-order chi connectivity index (χ1) is 6.34. The highest BCUT2D eigenvalue weighted by atomic mass is 16.4. The lowest BCUT2D eigenvalue weighted by atomic mass is 9.98. The minimum absolute atomic E-state index is 0.0818.